The first-order valence-corrected chi connectivity index (χ1v) is 6.23. The molecular weight excluding hydrogens is 238 g/mol. The molecule has 1 aromatic rings. The molecule has 0 aliphatic carbocycles. The standard InChI is InChI=1S/C11H17N3O2S/c1-4-5-14-11-7(10(16)13-3)8(12)9(17-11)6(2)15/h14H,4-5,12H2,1-3H3,(H,13,16). The van der Waals surface area contributed by atoms with Crippen molar-refractivity contribution >= 4 is 33.7 Å². The first kappa shape index (κ1) is 13.5. The number of nitrogens with one attached hydrogen (secondary N) is 2. The Morgan fingerprint density at radius 2 is 2.06 bits per heavy atom. The van der Waals surface area contributed by atoms with Crippen LogP contribution in [0.15, 0.2) is 0 Å². The molecule has 4 N–H and O–H groups in total. The lowest BCUT2D eigenvalue weighted by Crippen LogP contribution is -2.20. The number of carbonyl (C=O) groups is 2. The van der Waals surface area contributed by atoms with Crippen molar-refractivity contribution in [3.8, 4) is 0 Å². The lowest BCUT2D eigenvalue weighted by molar-refractivity contribution is 0.0965. The number of hydrogen-bond acceptors (Lipinski definition) is 5. The van der Waals surface area contributed by atoms with Gasteiger partial charge in [-0.1, -0.05) is 6.92 Å². The van der Waals surface area contributed by atoms with E-state index in [2.05, 4.69) is 10.6 Å². The molecule has 1 rings (SSSR count). The molecule has 0 bridgehead atoms. The van der Waals surface area contributed by atoms with Crippen LogP contribution in [0.1, 0.15) is 40.3 Å². The van der Waals surface area contributed by atoms with Gasteiger partial charge in [0.15, 0.2) is 5.78 Å². The lowest BCUT2D eigenvalue weighted by atomic mass is 10.2. The summed E-state index contributed by atoms with van der Waals surface area (Å²) in [6.07, 6.45) is 0.931. The molecular formula is C11H17N3O2S. The fraction of sp³-hybridized carbons (Fsp3) is 0.455. The molecule has 0 aliphatic rings. The van der Waals surface area contributed by atoms with Gasteiger partial charge in [-0.3, -0.25) is 9.59 Å². The van der Waals surface area contributed by atoms with Crippen LogP contribution in [0.4, 0.5) is 10.7 Å². The smallest absolute Gasteiger partial charge is 0.256 e. The lowest BCUT2D eigenvalue weighted by Gasteiger charge is -2.05. The third-order valence-corrected chi connectivity index (χ3v) is 3.52. The number of amides is 1. The molecule has 0 unspecified atom stereocenters. The van der Waals surface area contributed by atoms with Crippen LogP contribution >= 0.6 is 11.3 Å². The molecule has 6 heteroatoms. The maximum atomic E-state index is 11.7. The van der Waals surface area contributed by atoms with Crippen LogP contribution in [0.25, 0.3) is 0 Å². The van der Waals surface area contributed by atoms with E-state index in [1.54, 1.807) is 0 Å². The summed E-state index contributed by atoms with van der Waals surface area (Å²) in [6.45, 7) is 4.20. The minimum absolute atomic E-state index is 0.123. The minimum Gasteiger partial charge on any atom is -0.397 e. The summed E-state index contributed by atoms with van der Waals surface area (Å²) in [4.78, 5) is 23.5. The Bertz CT molecular complexity index is 440. The fourth-order valence-corrected chi connectivity index (χ4v) is 2.46. The highest BCUT2D eigenvalue weighted by atomic mass is 32.1. The van der Waals surface area contributed by atoms with Crippen molar-refractivity contribution in [2.24, 2.45) is 0 Å². The molecule has 0 aliphatic heterocycles. The summed E-state index contributed by atoms with van der Waals surface area (Å²) >= 11 is 1.23. The largest absolute Gasteiger partial charge is 0.397 e. The molecule has 0 atom stereocenters. The monoisotopic (exact) mass is 255 g/mol. The number of nitrogen functional groups attached to an aromatic ring is 1. The van der Waals surface area contributed by atoms with Crippen molar-refractivity contribution in [1.82, 2.24) is 5.32 Å². The van der Waals surface area contributed by atoms with Gasteiger partial charge in [-0.2, -0.15) is 0 Å². The van der Waals surface area contributed by atoms with Crippen LogP contribution in [-0.4, -0.2) is 25.3 Å². The van der Waals surface area contributed by atoms with E-state index in [1.165, 1.54) is 25.3 Å². The SMILES string of the molecule is CCCNc1sc(C(C)=O)c(N)c1C(=O)NC. The summed E-state index contributed by atoms with van der Waals surface area (Å²) < 4.78 is 0. The van der Waals surface area contributed by atoms with Crippen LogP contribution in [0.2, 0.25) is 0 Å². The molecule has 0 fully saturated rings. The summed E-state index contributed by atoms with van der Waals surface area (Å²) in [5.41, 5.74) is 6.48. The Morgan fingerprint density at radius 1 is 1.41 bits per heavy atom. The van der Waals surface area contributed by atoms with Gasteiger partial charge in [0.25, 0.3) is 5.91 Å². The second kappa shape index (κ2) is 5.67. The number of hydrogen-bond donors (Lipinski definition) is 3. The average Bonchev–Trinajstić information content (AvgIpc) is 2.62. The van der Waals surface area contributed by atoms with Gasteiger partial charge in [0.05, 0.1) is 16.1 Å². The normalized spacial score (nSPS) is 10.1. The quantitative estimate of drug-likeness (QED) is 0.699. The van der Waals surface area contributed by atoms with Gasteiger partial charge >= 0.3 is 0 Å². The first-order valence-electron chi connectivity index (χ1n) is 5.42. The molecule has 17 heavy (non-hydrogen) atoms. The third kappa shape index (κ3) is 2.76. The molecule has 1 amide bonds. The van der Waals surface area contributed by atoms with Gasteiger partial charge in [0.1, 0.15) is 5.00 Å². The van der Waals surface area contributed by atoms with Gasteiger partial charge in [-0.05, 0) is 6.42 Å². The second-order valence-electron chi connectivity index (χ2n) is 3.61. The van der Waals surface area contributed by atoms with E-state index < -0.39 is 0 Å². The summed E-state index contributed by atoms with van der Waals surface area (Å²) in [6, 6.07) is 0. The van der Waals surface area contributed by atoms with Gasteiger partial charge in [0, 0.05) is 20.5 Å². The van der Waals surface area contributed by atoms with Crippen LogP contribution in [0.5, 0.6) is 0 Å². The molecule has 0 radical (unpaired) electrons. The Kier molecular flexibility index (Phi) is 4.51. The maximum Gasteiger partial charge on any atom is 0.256 e. The number of nitrogens with two attached hydrogens (primary N) is 1. The average molecular weight is 255 g/mol. The van der Waals surface area contributed by atoms with Gasteiger partial charge in [-0.15, -0.1) is 11.3 Å². The highest BCUT2D eigenvalue weighted by Gasteiger charge is 2.22. The van der Waals surface area contributed by atoms with Crippen LogP contribution < -0.4 is 16.4 Å². The molecule has 0 saturated carbocycles. The first-order chi connectivity index (χ1) is 8.02. The fourth-order valence-electron chi connectivity index (χ4n) is 1.42. The van der Waals surface area contributed by atoms with E-state index in [9.17, 15) is 9.59 Å². The van der Waals surface area contributed by atoms with E-state index in [1.807, 2.05) is 6.92 Å². The maximum absolute atomic E-state index is 11.7. The highest BCUT2D eigenvalue weighted by molar-refractivity contribution is 7.19. The number of thiophene rings is 1. The van der Waals surface area contributed by atoms with Crippen molar-refractivity contribution in [2.45, 2.75) is 20.3 Å². The van der Waals surface area contributed by atoms with Crippen molar-refractivity contribution in [3.05, 3.63) is 10.4 Å². The van der Waals surface area contributed by atoms with E-state index >= 15 is 0 Å². The topological polar surface area (TPSA) is 84.2 Å². The molecule has 1 aromatic heterocycles. The van der Waals surface area contributed by atoms with Crippen molar-refractivity contribution in [1.29, 1.82) is 0 Å². The number of rotatable bonds is 5. The zero-order valence-electron chi connectivity index (χ0n) is 10.2. The van der Waals surface area contributed by atoms with Crippen molar-refractivity contribution in [2.75, 3.05) is 24.6 Å². The zero-order valence-corrected chi connectivity index (χ0v) is 11.0. The van der Waals surface area contributed by atoms with Gasteiger partial charge in [0.2, 0.25) is 0 Å². The van der Waals surface area contributed by atoms with E-state index in [0.717, 1.165) is 13.0 Å². The van der Waals surface area contributed by atoms with Crippen LogP contribution in [0, 0.1) is 0 Å². The predicted octanol–water partition coefficient (Wildman–Crippen LogP) is 1.71. The number of carbonyl (C=O) groups excluding carboxylic acids is 2. The molecule has 1 heterocycles. The molecule has 5 nitrogen and oxygen atoms in total. The van der Waals surface area contributed by atoms with Crippen LogP contribution in [-0.2, 0) is 0 Å². The number of anilines is 2. The molecule has 94 valence electrons. The minimum atomic E-state index is -0.273. The Hall–Kier alpha value is -1.56. The molecule has 0 aromatic carbocycles. The number of Topliss-reactive ketones (excluding diaryl/α,β-unsaturated/α-hetero) is 1. The molecule has 0 spiro atoms. The van der Waals surface area contributed by atoms with Gasteiger partial charge < -0.3 is 16.4 Å². The number of ketones is 1. The van der Waals surface area contributed by atoms with E-state index in [-0.39, 0.29) is 17.4 Å². The Labute approximate surface area is 104 Å². The Balaban J connectivity index is 3.21. The second-order valence-corrected chi connectivity index (χ2v) is 4.63. The summed E-state index contributed by atoms with van der Waals surface area (Å²) in [5, 5.41) is 6.31. The molecule has 0 saturated heterocycles. The predicted molar refractivity (Wildman–Crippen MR) is 70.9 cm³/mol. The van der Waals surface area contributed by atoms with Crippen molar-refractivity contribution < 1.29 is 9.59 Å². The van der Waals surface area contributed by atoms with E-state index in [4.69, 9.17) is 5.73 Å². The van der Waals surface area contributed by atoms with Crippen molar-refractivity contribution in [3.63, 3.8) is 0 Å². The van der Waals surface area contributed by atoms with Crippen LogP contribution in [0.3, 0.4) is 0 Å². The van der Waals surface area contributed by atoms with Gasteiger partial charge in [-0.25, -0.2) is 0 Å². The third-order valence-electron chi connectivity index (χ3n) is 2.25. The highest BCUT2D eigenvalue weighted by Crippen LogP contribution is 2.35. The zero-order chi connectivity index (χ0) is 13.0. The van der Waals surface area contributed by atoms with E-state index in [0.29, 0.717) is 15.4 Å². The summed E-state index contributed by atoms with van der Waals surface area (Å²) in [7, 11) is 1.54. The summed E-state index contributed by atoms with van der Waals surface area (Å²) in [5.74, 6) is -0.396. The Morgan fingerprint density at radius 3 is 2.53 bits per heavy atom.